The summed E-state index contributed by atoms with van der Waals surface area (Å²) in [5.74, 6) is 0.999. The van der Waals surface area contributed by atoms with Crippen LogP contribution in [0.2, 0.25) is 0 Å². The number of non-ortho nitro benzene ring substituents is 1. The molecule has 5 heteroatoms. The Kier molecular flexibility index (Phi) is 3.69. The van der Waals surface area contributed by atoms with Gasteiger partial charge in [-0.3, -0.25) is 15.5 Å². The number of anilines is 1. The minimum Gasteiger partial charge on any atom is -0.279 e. The zero-order valence-electron chi connectivity index (χ0n) is 8.91. The quantitative estimate of drug-likeness (QED) is 0.488. The SMILES string of the molecule is O=[N+]([O-])c1ccc(N/N=C/[C]2[CH][CH][CH][CH]2)cc1. The number of rotatable bonds is 4. The van der Waals surface area contributed by atoms with Crippen molar-refractivity contribution >= 4 is 17.6 Å². The highest BCUT2D eigenvalue weighted by atomic mass is 16.6. The number of hydrogen-bond acceptors (Lipinski definition) is 4. The maximum absolute atomic E-state index is 10.4. The molecule has 1 aromatic rings. The standard InChI is InChI=1S/C12H10N3O2/c16-15(17)12-7-5-11(6-8-12)14-13-9-10-3-1-2-4-10/h1-9,14H/b13-9+. The van der Waals surface area contributed by atoms with Crippen molar-refractivity contribution in [3.05, 3.63) is 66.0 Å². The van der Waals surface area contributed by atoms with Crippen LogP contribution in [0.15, 0.2) is 29.4 Å². The van der Waals surface area contributed by atoms with E-state index in [1.165, 1.54) is 12.1 Å². The lowest BCUT2D eigenvalue weighted by Crippen LogP contribution is -1.96. The number of benzene rings is 1. The molecule has 5 radical (unpaired) electrons. The average Bonchev–Trinajstić information content (AvgIpc) is 2.83. The molecule has 1 aliphatic carbocycles. The van der Waals surface area contributed by atoms with E-state index in [1.807, 2.05) is 25.7 Å². The van der Waals surface area contributed by atoms with Crippen molar-refractivity contribution in [2.24, 2.45) is 5.10 Å². The van der Waals surface area contributed by atoms with Gasteiger partial charge in [0.2, 0.25) is 0 Å². The lowest BCUT2D eigenvalue weighted by Gasteiger charge is -2.01. The number of hydrazone groups is 1. The van der Waals surface area contributed by atoms with Crippen LogP contribution in [-0.2, 0) is 0 Å². The molecule has 17 heavy (non-hydrogen) atoms. The van der Waals surface area contributed by atoms with E-state index in [-0.39, 0.29) is 5.69 Å². The van der Waals surface area contributed by atoms with Gasteiger partial charge in [-0.05, 0) is 37.8 Å². The Morgan fingerprint density at radius 2 is 1.82 bits per heavy atom. The third-order valence-electron chi connectivity index (χ3n) is 2.17. The van der Waals surface area contributed by atoms with Gasteiger partial charge < -0.3 is 0 Å². The lowest BCUT2D eigenvalue weighted by molar-refractivity contribution is -0.384. The summed E-state index contributed by atoms with van der Waals surface area (Å²) in [6.07, 6.45) is 9.39. The molecule has 0 bridgehead atoms. The highest BCUT2D eigenvalue weighted by Gasteiger charge is 2.14. The molecule has 1 aliphatic rings. The zero-order chi connectivity index (χ0) is 12.1. The first kappa shape index (κ1) is 11.6. The van der Waals surface area contributed by atoms with E-state index in [4.69, 9.17) is 0 Å². The van der Waals surface area contributed by atoms with Gasteiger partial charge in [0.1, 0.15) is 0 Å². The van der Waals surface area contributed by atoms with Gasteiger partial charge in [-0.25, -0.2) is 0 Å². The van der Waals surface area contributed by atoms with E-state index >= 15 is 0 Å². The van der Waals surface area contributed by atoms with Crippen LogP contribution in [0.3, 0.4) is 0 Å². The summed E-state index contributed by atoms with van der Waals surface area (Å²) in [6.45, 7) is 0. The van der Waals surface area contributed by atoms with Crippen molar-refractivity contribution in [2.75, 3.05) is 5.43 Å². The third kappa shape index (κ3) is 3.27. The van der Waals surface area contributed by atoms with Crippen molar-refractivity contribution < 1.29 is 4.92 Å². The Morgan fingerprint density at radius 1 is 1.18 bits per heavy atom. The summed E-state index contributed by atoms with van der Waals surface area (Å²) in [4.78, 5) is 10.0. The summed E-state index contributed by atoms with van der Waals surface area (Å²) in [6, 6.07) is 6.08. The first-order valence-corrected chi connectivity index (χ1v) is 5.01. The molecule has 0 saturated heterocycles. The van der Waals surface area contributed by atoms with Crippen LogP contribution in [0, 0.1) is 41.7 Å². The van der Waals surface area contributed by atoms with Gasteiger partial charge in [-0.2, -0.15) is 5.10 Å². The molecule has 2 rings (SSSR count). The molecule has 0 heterocycles. The van der Waals surface area contributed by atoms with Crippen molar-refractivity contribution in [1.29, 1.82) is 0 Å². The maximum Gasteiger partial charge on any atom is 0.269 e. The van der Waals surface area contributed by atoms with Crippen molar-refractivity contribution in [3.63, 3.8) is 0 Å². The maximum atomic E-state index is 10.4. The summed E-state index contributed by atoms with van der Waals surface area (Å²) in [5.41, 5.74) is 3.57. The van der Waals surface area contributed by atoms with Crippen molar-refractivity contribution in [2.45, 2.75) is 0 Å². The van der Waals surface area contributed by atoms with Crippen molar-refractivity contribution in [1.82, 2.24) is 0 Å². The van der Waals surface area contributed by atoms with E-state index in [9.17, 15) is 10.1 Å². The Balaban J connectivity index is 1.88. The van der Waals surface area contributed by atoms with E-state index in [0.29, 0.717) is 5.69 Å². The lowest BCUT2D eigenvalue weighted by atomic mass is 10.1. The summed E-state index contributed by atoms with van der Waals surface area (Å²) >= 11 is 0. The minimum absolute atomic E-state index is 0.0653. The van der Waals surface area contributed by atoms with Gasteiger partial charge in [0.25, 0.3) is 5.69 Å². The third-order valence-corrected chi connectivity index (χ3v) is 2.17. The number of nitrogens with one attached hydrogen (secondary N) is 1. The van der Waals surface area contributed by atoms with E-state index in [0.717, 1.165) is 5.92 Å². The van der Waals surface area contributed by atoms with Gasteiger partial charge in [0.15, 0.2) is 0 Å². The number of nitrogens with zero attached hydrogens (tertiary/aromatic N) is 2. The molecule has 0 aromatic heterocycles. The molecule has 0 aliphatic heterocycles. The highest BCUT2D eigenvalue weighted by Crippen LogP contribution is 2.21. The normalized spacial score (nSPS) is 16.5. The molecular weight excluding hydrogens is 218 g/mol. The van der Waals surface area contributed by atoms with Crippen LogP contribution in [0.25, 0.3) is 0 Å². The van der Waals surface area contributed by atoms with Crippen LogP contribution in [0.1, 0.15) is 0 Å². The fourth-order valence-electron chi connectivity index (χ4n) is 1.31. The van der Waals surface area contributed by atoms with E-state index in [1.54, 1.807) is 18.3 Å². The second kappa shape index (κ2) is 5.43. The largest absolute Gasteiger partial charge is 0.279 e. The van der Waals surface area contributed by atoms with Gasteiger partial charge in [-0.1, -0.05) is 0 Å². The fraction of sp³-hybridized carbons (Fsp3) is 0. The minimum atomic E-state index is -0.434. The van der Waals surface area contributed by atoms with Crippen LogP contribution >= 0.6 is 0 Å². The Morgan fingerprint density at radius 3 is 2.41 bits per heavy atom. The molecule has 1 fully saturated rings. The van der Waals surface area contributed by atoms with Gasteiger partial charge >= 0.3 is 0 Å². The molecule has 85 valence electrons. The Bertz CT molecular complexity index is 408. The molecule has 1 N–H and O–H groups in total. The molecule has 5 nitrogen and oxygen atoms in total. The first-order chi connectivity index (χ1) is 8.25. The molecule has 0 amide bonds. The van der Waals surface area contributed by atoms with E-state index in [2.05, 4.69) is 10.5 Å². The van der Waals surface area contributed by atoms with Crippen molar-refractivity contribution in [3.8, 4) is 0 Å². The predicted molar refractivity (Wildman–Crippen MR) is 65.7 cm³/mol. The molecular formula is C12H10N3O2. The first-order valence-electron chi connectivity index (χ1n) is 5.01. The number of hydrogen-bond donors (Lipinski definition) is 1. The number of nitro groups is 1. The Hall–Kier alpha value is -1.91. The molecule has 0 spiro atoms. The van der Waals surface area contributed by atoms with Gasteiger partial charge in [0, 0.05) is 24.3 Å². The molecule has 0 atom stereocenters. The summed E-state index contributed by atoms with van der Waals surface area (Å²) in [5, 5.41) is 14.5. The molecule has 1 saturated carbocycles. The van der Waals surface area contributed by atoms with Crippen LogP contribution < -0.4 is 5.43 Å². The second-order valence-corrected chi connectivity index (χ2v) is 3.39. The molecule has 1 aromatic carbocycles. The number of nitro benzene ring substituents is 1. The average molecular weight is 228 g/mol. The molecule has 0 unspecified atom stereocenters. The fourth-order valence-corrected chi connectivity index (χ4v) is 1.31. The van der Waals surface area contributed by atoms with Crippen LogP contribution in [-0.4, -0.2) is 11.1 Å². The zero-order valence-corrected chi connectivity index (χ0v) is 8.91. The Labute approximate surface area is 99.7 Å². The predicted octanol–water partition coefficient (Wildman–Crippen LogP) is 2.40. The van der Waals surface area contributed by atoms with Gasteiger partial charge in [0.05, 0.1) is 10.6 Å². The smallest absolute Gasteiger partial charge is 0.269 e. The summed E-state index contributed by atoms with van der Waals surface area (Å²) < 4.78 is 0. The second-order valence-electron chi connectivity index (χ2n) is 3.39. The topological polar surface area (TPSA) is 67.5 Å². The van der Waals surface area contributed by atoms with Gasteiger partial charge in [-0.15, -0.1) is 0 Å². The van der Waals surface area contributed by atoms with Crippen LogP contribution in [0.5, 0.6) is 0 Å². The van der Waals surface area contributed by atoms with Crippen LogP contribution in [0.4, 0.5) is 11.4 Å². The highest BCUT2D eigenvalue weighted by molar-refractivity contribution is 5.83. The summed E-state index contributed by atoms with van der Waals surface area (Å²) in [7, 11) is 0. The monoisotopic (exact) mass is 228 g/mol. The van der Waals surface area contributed by atoms with E-state index < -0.39 is 4.92 Å².